The van der Waals surface area contributed by atoms with Gasteiger partial charge < -0.3 is 14.9 Å². The van der Waals surface area contributed by atoms with Crippen LogP contribution in [0.4, 0.5) is 0 Å². The van der Waals surface area contributed by atoms with Crippen molar-refractivity contribution in [3.63, 3.8) is 0 Å². The van der Waals surface area contributed by atoms with Crippen LogP contribution in [0.25, 0.3) is 0 Å². The van der Waals surface area contributed by atoms with E-state index in [1.807, 2.05) is 0 Å². The average Bonchev–Trinajstić information content (AvgIpc) is 2.19. The van der Waals surface area contributed by atoms with E-state index in [4.69, 9.17) is 5.11 Å². The van der Waals surface area contributed by atoms with Gasteiger partial charge in [0, 0.05) is 26.1 Å². The number of likely N-dealkylation sites (N-methyl/N-ethyl adjacent to an activating group) is 1. The molecule has 0 atom stereocenters. The second-order valence-corrected chi connectivity index (χ2v) is 5.35. The van der Waals surface area contributed by atoms with Crippen LogP contribution in [-0.4, -0.2) is 61.2 Å². The summed E-state index contributed by atoms with van der Waals surface area (Å²) in [7, 11) is 4.16. The molecule has 4 heteroatoms. The molecule has 102 valence electrons. The third kappa shape index (κ3) is 11.6. The van der Waals surface area contributed by atoms with Crippen molar-refractivity contribution in [2.45, 2.75) is 33.1 Å². The summed E-state index contributed by atoms with van der Waals surface area (Å²) in [6, 6.07) is 0. The second-order valence-electron chi connectivity index (χ2n) is 5.35. The van der Waals surface area contributed by atoms with Crippen LogP contribution in [0.1, 0.15) is 33.1 Å². The quantitative estimate of drug-likeness (QED) is 0.595. The molecule has 17 heavy (non-hydrogen) atoms. The normalized spacial score (nSPS) is 11.7. The lowest BCUT2D eigenvalue weighted by Crippen LogP contribution is -2.35. The van der Waals surface area contributed by atoms with Crippen molar-refractivity contribution >= 4 is 5.97 Å². The van der Waals surface area contributed by atoms with Gasteiger partial charge in [-0.05, 0) is 39.4 Å². The van der Waals surface area contributed by atoms with E-state index >= 15 is 0 Å². The van der Waals surface area contributed by atoms with Crippen molar-refractivity contribution in [1.82, 2.24) is 9.80 Å². The lowest BCUT2D eigenvalue weighted by Gasteiger charge is -2.25. The lowest BCUT2D eigenvalue weighted by atomic mass is 10.2. The first-order valence-corrected chi connectivity index (χ1v) is 6.50. The highest BCUT2D eigenvalue weighted by atomic mass is 16.4. The van der Waals surface area contributed by atoms with Gasteiger partial charge in [-0.25, -0.2) is 0 Å². The van der Waals surface area contributed by atoms with Gasteiger partial charge in [0.1, 0.15) is 0 Å². The van der Waals surface area contributed by atoms with Gasteiger partial charge in [0.2, 0.25) is 0 Å². The summed E-state index contributed by atoms with van der Waals surface area (Å²) in [6.07, 6.45) is 2.06. The highest BCUT2D eigenvalue weighted by Crippen LogP contribution is 2.03. The van der Waals surface area contributed by atoms with Gasteiger partial charge in [0.25, 0.3) is 0 Å². The summed E-state index contributed by atoms with van der Waals surface area (Å²) in [5.74, 6) is -0.0228. The van der Waals surface area contributed by atoms with E-state index in [9.17, 15) is 4.79 Å². The molecule has 0 aliphatic rings. The van der Waals surface area contributed by atoms with Gasteiger partial charge in [-0.2, -0.15) is 0 Å². The van der Waals surface area contributed by atoms with Gasteiger partial charge in [-0.3, -0.25) is 4.79 Å². The Bertz CT molecular complexity index is 206. The van der Waals surface area contributed by atoms with Gasteiger partial charge in [0.05, 0.1) is 0 Å². The molecule has 1 N–H and O–H groups in total. The first kappa shape index (κ1) is 16.4. The highest BCUT2D eigenvalue weighted by molar-refractivity contribution is 5.66. The molecule has 0 aromatic rings. The van der Waals surface area contributed by atoms with Crippen LogP contribution in [0.15, 0.2) is 0 Å². The number of carbonyl (C=O) groups is 1. The zero-order valence-corrected chi connectivity index (χ0v) is 11.8. The summed E-state index contributed by atoms with van der Waals surface area (Å²) in [6.45, 7) is 8.68. The summed E-state index contributed by atoms with van der Waals surface area (Å²) in [5, 5.41) is 8.58. The van der Waals surface area contributed by atoms with Crippen LogP contribution in [0, 0.1) is 5.92 Å². The topological polar surface area (TPSA) is 43.8 Å². The molecule has 0 saturated heterocycles. The predicted octanol–water partition coefficient (Wildman–Crippen LogP) is 1.76. The highest BCUT2D eigenvalue weighted by Gasteiger charge is 2.08. The molecular formula is C13H28N2O2. The number of aliphatic carboxylic acids is 1. The van der Waals surface area contributed by atoms with Crippen LogP contribution in [0.5, 0.6) is 0 Å². The van der Waals surface area contributed by atoms with Gasteiger partial charge in [-0.1, -0.05) is 13.8 Å². The third-order valence-corrected chi connectivity index (χ3v) is 2.60. The second kappa shape index (κ2) is 9.42. The fourth-order valence-electron chi connectivity index (χ4n) is 1.76. The largest absolute Gasteiger partial charge is 0.481 e. The average molecular weight is 244 g/mol. The van der Waals surface area contributed by atoms with Crippen molar-refractivity contribution in [1.29, 1.82) is 0 Å². The molecule has 0 aromatic carbocycles. The fraction of sp³-hybridized carbons (Fsp3) is 0.923. The van der Waals surface area contributed by atoms with Crippen LogP contribution >= 0.6 is 0 Å². The molecule has 0 fully saturated rings. The number of hydrogen-bond acceptors (Lipinski definition) is 3. The van der Waals surface area contributed by atoms with Crippen molar-refractivity contribution in [3.8, 4) is 0 Å². The molecule has 0 bridgehead atoms. The Morgan fingerprint density at radius 1 is 1.12 bits per heavy atom. The molecule has 0 heterocycles. The Morgan fingerprint density at radius 3 is 2.24 bits per heavy atom. The molecule has 0 spiro atoms. The van der Waals surface area contributed by atoms with E-state index in [1.165, 1.54) is 0 Å². The SMILES string of the molecule is CC(C)CN(CCCCC(=O)O)CCN(C)C. The van der Waals surface area contributed by atoms with E-state index in [0.717, 1.165) is 39.0 Å². The summed E-state index contributed by atoms with van der Waals surface area (Å²) >= 11 is 0. The van der Waals surface area contributed by atoms with E-state index in [1.54, 1.807) is 0 Å². The standard InChI is InChI=1S/C13H28N2O2/c1-12(2)11-15(10-9-14(3)4)8-6-5-7-13(16)17/h12H,5-11H2,1-4H3,(H,16,17). The van der Waals surface area contributed by atoms with Crippen molar-refractivity contribution < 1.29 is 9.90 Å². The van der Waals surface area contributed by atoms with Crippen molar-refractivity contribution in [2.24, 2.45) is 5.92 Å². The Labute approximate surface area is 106 Å². The fourth-order valence-corrected chi connectivity index (χ4v) is 1.76. The Morgan fingerprint density at radius 2 is 1.76 bits per heavy atom. The molecule has 0 unspecified atom stereocenters. The van der Waals surface area contributed by atoms with E-state index in [0.29, 0.717) is 12.3 Å². The molecule has 0 aromatic heterocycles. The Kier molecular flexibility index (Phi) is 9.09. The van der Waals surface area contributed by atoms with Crippen LogP contribution < -0.4 is 0 Å². The molecule has 0 amide bonds. The molecular weight excluding hydrogens is 216 g/mol. The summed E-state index contributed by atoms with van der Waals surface area (Å²) < 4.78 is 0. The molecule has 0 aliphatic carbocycles. The Balaban J connectivity index is 3.80. The number of carboxylic acid groups (broad SMARTS) is 1. The smallest absolute Gasteiger partial charge is 0.303 e. The van der Waals surface area contributed by atoms with E-state index in [2.05, 4.69) is 37.7 Å². The molecule has 0 saturated carbocycles. The van der Waals surface area contributed by atoms with Crippen molar-refractivity contribution in [2.75, 3.05) is 40.3 Å². The number of carboxylic acids is 1. The summed E-state index contributed by atoms with van der Waals surface area (Å²) in [4.78, 5) is 15.0. The van der Waals surface area contributed by atoms with Crippen LogP contribution in [-0.2, 0) is 4.79 Å². The zero-order chi connectivity index (χ0) is 13.3. The van der Waals surface area contributed by atoms with E-state index < -0.39 is 5.97 Å². The first-order chi connectivity index (χ1) is 7.91. The van der Waals surface area contributed by atoms with Gasteiger partial charge >= 0.3 is 5.97 Å². The lowest BCUT2D eigenvalue weighted by molar-refractivity contribution is -0.137. The molecule has 0 rings (SSSR count). The Hall–Kier alpha value is -0.610. The van der Waals surface area contributed by atoms with E-state index in [-0.39, 0.29) is 0 Å². The molecule has 4 nitrogen and oxygen atoms in total. The molecule has 0 aliphatic heterocycles. The minimum absolute atomic E-state index is 0.295. The predicted molar refractivity (Wildman–Crippen MR) is 71.3 cm³/mol. The molecule has 0 radical (unpaired) electrons. The van der Waals surface area contributed by atoms with Gasteiger partial charge in [0.15, 0.2) is 0 Å². The maximum absolute atomic E-state index is 10.4. The number of nitrogens with zero attached hydrogens (tertiary/aromatic N) is 2. The number of hydrogen-bond donors (Lipinski definition) is 1. The summed E-state index contributed by atoms with van der Waals surface area (Å²) in [5.41, 5.74) is 0. The minimum atomic E-state index is -0.686. The van der Waals surface area contributed by atoms with Gasteiger partial charge in [-0.15, -0.1) is 0 Å². The maximum atomic E-state index is 10.4. The zero-order valence-electron chi connectivity index (χ0n) is 11.8. The number of rotatable bonds is 10. The van der Waals surface area contributed by atoms with Crippen LogP contribution in [0.3, 0.4) is 0 Å². The minimum Gasteiger partial charge on any atom is -0.481 e. The van der Waals surface area contributed by atoms with Crippen molar-refractivity contribution in [3.05, 3.63) is 0 Å². The number of unbranched alkanes of at least 4 members (excludes halogenated alkanes) is 1. The monoisotopic (exact) mass is 244 g/mol. The van der Waals surface area contributed by atoms with Crippen LogP contribution in [0.2, 0.25) is 0 Å². The maximum Gasteiger partial charge on any atom is 0.303 e. The first-order valence-electron chi connectivity index (χ1n) is 6.50. The third-order valence-electron chi connectivity index (χ3n) is 2.60.